The Morgan fingerprint density at radius 1 is 1.19 bits per heavy atom. The number of aryl methyl sites for hydroxylation is 2. The molecule has 4 aromatic rings. The normalized spacial score (nSPS) is 10.9. The fraction of sp³-hybridized carbons (Fsp3) is 0.200. The summed E-state index contributed by atoms with van der Waals surface area (Å²) in [7, 11) is 0. The molecule has 1 amide bonds. The second kappa shape index (κ2) is 8.36. The highest BCUT2D eigenvalue weighted by atomic mass is 32.1. The van der Waals surface area contributed by atoms with Crippen molar-refractivity contribution < 1.29 is 14.3 Å². The fourth-order valence-electron chi connectivity index (χ4n) is 2.95. The number of fused-ring (bicyclic) bond motifs is 1. The van der Waals surface area contributed by atoms with Gasteiger partial charge in [0, 0.05) is 10.8 Å². The van der Waals surface area contributed by atoms with Gasteiger partial charge in [0.25, 0.3) is 11.5 Å². The Labute approximate surface area is 184 Å². The zero-order valence-electron chi connectivity index (χ0n) is 16.8. The molecule has 4 rings (SSSR count). The number of nitrogens with one attached hydrogen (secondary N) is 1. The summed E-state index contributed by atoms with van der Waals surface area (Å²) in [6.07, 6.45) is 0. The number of anilines is 1. The Bertz CT molecular complexity index is 1350. The molecule has 0 aliphatic heterocycles. The van der Waals surface area contributed by atoms with Gasteiger partial charge in [-0.2, -0.15) is 9.78 Å². The van der Waals surface area contributed by atoms with Crippen LogP contribution in [0.3, 0.4) is 0 Å². The summed E-state index contributed by atoms with van der Waals surface area (Å²) in [5.41, 5.74) is 1.55. The molecule has 0 bridgehead atoms. The van der Waals surface area contributed by atoms with Gasteiger partial charge in [-0.25, -0.2) is 4.79 Å². The third-order valence-corrected chi connectivity index (χ3v) is 6.21. The minimum Gasteiger partial charge on any atom is -0.461 e. The number of thiophene rings is 1. The molecule has 0 saturated heterocycles. The molecule has 31 heavy (non-hydrogen) atoms. The van der Waals surface area contributed by atoms with Crippen molar-refractivity contribution in [2.75, 3.05) is 11.9 Å². The van der Waals surface area contributed by atoms with E-state index in [0.717, 1.165) is 33.1 Å². The number of ether oxygens (including phenoxy) is 1. The SMILES string of the molecule is CCOC(=O)c1nn(-c2ccc(C)cc2)c(=O)c2c(NC(=O)c3snnc3C)scc12. The number of rotatable bonds is 5. The Kier molecular flexibility index (Phi) is 5.61. The molecular weight excluding hydrogens is 438 g/mol. The lowest BCUT2D eigenvalue weighted by atomic mass is 10.2. The summed E-state index contributed by atoms with van der Waals surface area (Å²) in [6.45, 7) is 5.46. The number of hydrogen-bond donors (Lipinski definition) is 1. The lowest BCUT2D eigenvalue weighted by molar-refractivity contribution is 0.0520. The van der Waals surface area contributed by atoms with E-state index in [1.807, 2.05) is 19.1 Å². The van der Waals surface area contributed by atoms with Gasteiger partial charge < -0.3 is 10.1 Å². The van der Waals surface area contributed by atoms with E-state index in [-0.39, 0.29) is 17.7 Å². The van der Waals surface area contributed by atoms with Crippen molar-refractivity contribution in [2.24, 2.45) is 0 Å². The average molecular weight is 456 g/mol. The average Bonchev–Trinajstić information content (AvgIpc) is 3.36. The summed E-state index contributed by atoms with van der Waals surface area (Å²) >= 11 is 2.10. The highest BCUT2D eigenvalue weighted by Gasteiger charge is 2.24. The van der Waals surface area contributed by atoms with Gasteiger partial charge in [0.05, 0.1) is 23.4 Å². The maximum Gasteiger partial charge on any atom is 0.359 e. The van der Waals surface area contributed by atoms with Gasteiger partial charge in [-0.05, 0) is 44.4 Å². The number of carbonyl (C=O) groups is 2. The lowest BCUT2D eigenvalue weighted by Gasteiger charge is -2.10. The first-order valence-electron chi connectivity index (χ1n) is 9.29. The van der Waals surface area contributed by atoms with E-state index in [1.165, 1.54) is 0 Å². The molecule has 11 heteroatoms. The number of hydrogen-bond acceptors (Lipinski definition) is 9. The van der Waals surface area contributed by atoms with Crippen LogP contribution in [-0.2, 0) is 4.74 Å². The van der Waals surface area contributed by atoms with Crippen LogP contribution >= 0.6 is 22.9 Å². The van der Waals surface area contributed by atoms with E-state index in [9.17, 15) is 14.4 Å². The Balaban J connectivity index is 1.90. The van der Waals surface area contributed by atoms with Gasteiger partial charge in [-0.15, -0.1) is 16.4 Å². The smallest absolute Gasteiger partial charge is 0.359 e. The molecule has 3 heterocycles. The Hall–Kier alpha value is -3.44. The Morgan fingerprint density at radius 2 is 1.94 bits per heavy atom. The molecule has 0 saturated carbocycles. The minimum absolute atomic E-state index is 0.00408. The maximum absolute atomic E-state index is 13.3. The number of nitrogens with zero attached hydrogens (tertiary/aromatic N) is 4. The van der Waals surface area contributed by atoms with Crippen molar-refractivity contribution in [3.05, 3.63) is 61.8 Å². The number of benzene rings is 1. The third kappa shape index (κ3) is 3.84. The standard InChI is InChI=1S/C20H17N5O4S2/c1-4-29-20(28)15-13-9-30-18(21-17(26)16-11(3)22-24-31-16)14(13)19(27)25(23-15)12-7-5-10(2)6-8-12/h5-9H,4H2,1-3H3,(H,21,26). The molecule has 0 aliphatic rings. The van der Waals surface area contributed by atoms with Gasteiger partial charge in [0.1, 0.15) is 9.88 Å². The molecule has 0 spiro atoms. The monoisotopic (exact) mass is 455 g/mol. The topological polar surface area (TPSA) is 116 Å². The minimum atomic E-state index is -0.647. The summed E-state index contributed by atoms with van der Waals surface area (Å²) in [4.78, 5) is 38.9. The molecule has 1 N–H and O–H groups in total. The van der Waals surface area contributed by atoms with Crippen LogP contribution in [0.2, 0.25) is 0 Å². The van der Waals surface area contributed by atoms with Gasteiger partial charge in [-0.1, -0.05) is 22.2 Å². The van der Waals surface area contributed by atoms with Crippen molar-refractivity contribution in [3.8, 4) is 5.69 Å². The molecule has 3 aromatic heterocycles. The van der Waals surface area contributed by atoms with Crippen molar-refractivity contribution in [2.45, 2.75) is 20.8 Å². The molecule has 158 valence electrons. The van der Waals surface area contributed by atoms with E-state index in [0.29, 0.717) is 26.6 Å². The summed E-state index contributed by atoms with van der Waals surface area (Å²) in [6, 6.07) is 7.16. The number of carbonyl (C=O) groups excluding carboxylic acids is 2. The molecule has 0 unspecified atom stereocenters. The molecule has 9 nitrogen and oxygen atoms in total. The second-order valence-corrected chi connectivity index (χ2v) is 8.25. The van der Waals surface area contributed by atoms with Crippen molar-refractivity contribution in [1.29, 1.82) is 0 Å². The van der Waals surface area contributed by atoms with Crippen LogP contribution < -0.4 is 10.9 Å². The molecule has 0 atom stereocenters. The summed E-state index contributed by atoms with van der Waals surface area (Å²) in [5, 5.41) is 13.3. The van der Waals surface area contributed by atoms with Crippen LogP contribution in [0.25, 0.3) is 16.5 Å². The number of amides is 1. The fourth-order valence-corrected chi connectivity index (χ4v) is 4.44. The molecule has 0 fully saturated rings. The summed E-state index contributed by atoms with van der Waals surface area (Å²) in [5.74, 6) is -1.07. The van der Waals surface area contributed by atoms with Crippen LogP contribution in [0.15, 0.2) is 34.4 Å². The van der Waals surface area contributed by atoms with Crippen molar-refractivity contribution in [3.63, 3.8) is 0 Å². The van der Waals surface area contributed by atoms with Gasteiger partial charge in [0.2, 0.25) is 0 Å². The van der Waals surface area contributed by atoms with Gasteiger partial charge in [0.15, 0.2) is 5.69 Å². The summed E-state index contributed by atoms with van der Waals surface area (Å²) < 4.78 is 10.1. The first-order chi connectivity index (χ1) is 14.9. The van der Waals surface area contributed by atoms with E-state index in [4.69, 9.17) is 4.74 Å². The highest BCUT2D eigenvalue weighted by Crippen LogP contribution is 2.31. The number of aromatic nitrogens is 4. The predicted molar refractivity (Wildman–Crippen MR) is 119 cm³/mol. The van der Waals surface area contributed by atoms with E-state index in [2.05, 4.69) is 20.0 Å². The lowest BCUT2D eigenvalue weighted by Crippen LogP contribution is -2.25. The van der Waals surface area contributed by atoms with Crippen LogP contribution in [0.5, 0.6) is 0 Å². The quantitative estimate of drug-likeness (QED) is 0.459. The van der Waals surface area contributed by atoms with E-state index < -0.39 is 17.4 Å². The van der Waals surface area contributed by atoms with Crippen LogP contribution in [0.1, 0.15) is 38.3 Å². The molecule has 1 aromatic carbocycles. The molecular formula is C20H17N5O4S2. The maximum atomic E-state index is 13.3. The van der Waals surface area contributed by atoms with Crippen molar-refractivity contribution in [1.82, 2.24) is 19.4 Å². The Morgan fingerprint density at radius 3 is 2.58 bits per heavy atom. The predicted octanol–water partition coefficient (Wildman–Crippen LogP) is 3.34. The highest BCUT2D eigenvalue weighted by molar-refractivity contribution is 7.16. The van der Waals surface area contributed by atoms with Crippen LogP contribution in [0.4, 0.5) is 5.00 Å². The molecule has 0 aliphatic carbocycles. The largest absolute Gasteiger partial charge is 0.461 e. The first-order valence-corrected chi connectivity index (χ1v) is 10.9. The first kappa shape index (κ1) is 20.8. The third-order valence-electron chi connectivity index (χ3n) is 4.48. The van der Waals surface area contributed by atoms with Crippen LogP contribution in [0, 0.1) is 13.8 Å². The van der Waals surface area contributed by atoms with Crippen LogP contribution in [-0.4, -0.2) is 37.9 Å². The molecule has 0 radical (unpaired) electrons. The van der Waals surface area contributed by atoms with E-state index in [1.54, 1.807) is 31.4 Å². The zero-order chi connectivity index (χ0) is 22.1. The second-order valence-electron chi connectivity index (χ2n) is 6.62. The van der Waals surface area contributed by atoms with Gasteiger partial charge >= 0.3 is 5.97 Å². The zero-order valence-corrected chi connectivity index (χ0v) is 18.5. The number of esters is 1. The van der Waals surface area contributed by atoms with Crippen molar-refractivity contribution >= 4 is 50.5 Å². The van der Waals surface area contributed by atoms with Gasteiger partial charge in [-0.3, -0.25) is 9.59 Å². The van der Waals surface area contributed by atoms with E-state index >= 15 is 0 Å².